The second-order valence-corrected chi connectivity index (χ2v) is 16.0. The van der Waals surface area contributed by atoms with E-state index in [2.05, 4.69) is 10.8 Å². The van der Waals surface area contributed by atoms with Crippen LogP contribution in [0.4, 0.5) is 0 Å². The van der Waals surface area contributed by atoms with Crippen molar-refractivity contribution in [3.63, 3.8) is 0 Å². The molecule has 3 amide bonds. The van der Waals surface area contributed by atoms with E-state index in [-0.39, 0.29) is 36.6 Å². The van der Waals surface area contributed by atoms with Crippen molar-refractivity contribution in [2.24, 2.45) is 17.6 Å². The van der Waals surface area contributed by atoms with Crippen LogP contribution in [0, 0.1) is 11.8 Å². The molecule has 7 rings (SSSR count). The summed E-state index contributed by atoms with van der Waals surface area (Å²) in [6.07, 6.45) is 10.3. The van der Waals surface area contributed by atoms with Crippen molar-refractivity contribution in [3.8, 4) is 22.8 Å². The van der Waals surface area contributed by atoms with Gasteiger partial charge in [0.1, 0.15) is 29.0 Å². The van der Waals surface area contributed by atoms with E-state index in [1.165, 1.54) is 0 Å². The number of hydrogen-bond acceptors (Lipinski definition) is 9. The lowest BCUT2D eigenvalue weighted by Crippen LogP contribution is -2.43. The molecule has 3 N–H and O–H groups in total. The predicted molar refractivity (Wildman–Crippen MR) is 196 cm³/mol. The molecule has 4 aromatic rings. The predicted octanol–water partition coefficient (Wildman–Crippen LogP) is 5.63. The van der Waals surface area contributed by atoms with Crippen molar-refractivity contribution >= 4 is 49.8 Å². The largest absolute Gasteiger partial charge is 0.496 e. The van der Waals surface area contributed by atoms with Crippen molar-refractivity contribution in [1.82, 2.24) is 14.6 Å². The molecule has 3 fully saturated rings. The second-order valence-electron chi connectivity index (χ2n) is 14.0. The fourth-order valence-electron chi connectivity index (χ4n) is 7.05. The summed E-state index contributed by atoms with van der Waals surface area (Å²) in [5.74, 6) is -0.132. The summed E-state index contributed by atoms with van der Waals surface area (Å²) >= 11 is 0. The number of amides is 3. The lowest BCUT2D eigenvalue weighted by atomic mass is 10.1. The normalized spacial score (nSPS) is 21.5. The van der Waals surface area contributed by atoms with Crippen LogP contribution in [0.1, 0.15) is 64.2 Å². The Morgan fingerprint density at radius 2 is 1.79 bits per heavy atom. The van der Waals surface area contributed by atoms with Crippen molar-refractivity contribution in [2.45, 2.75) is 81.6 Å². The molecule has 2 saturated carbocycles. The van der Waals surface area contributed by atoms with Gasteiger partial charge < -0.3 is 24.5 Å². The molecule has 2 aromatic heterocycles. The highest BCUT2D eigenvalue weighted by Gasteiger charge is 2.45. The van der Waals surface area contributed by atoms with Crippen molar-refractivity contribution in [3.05, 3.63) is 66.7 Å². The van der Waals surface area contributed by atoms with Crippen LogP contribution < -0.4 is 19.9 Å². The summed E-state index contributed by atoms with van der Waals surface area (Å²) in [6, 6.07) is 16.3. The zero-order valence-electron chi connectivity index (χ0n) is 29.2. The smallest absolute Gasteiger partial charge is 0.240 e. The molecule has 274 valence electrons. The number of nitrogens with two attached hydrogens (primary N) is 1. The van der Waals surface area contributed by atoms with Crippen LogP contribution in [0.5, 0.6) is 11.5 Å². The van der Waals surface area contributed by atoms with E-state index >= 15 is 0 Å². The molecule has 0 unspecified atom stereocenters. The third-order valence-corrected chi connectivity index (χ3v) is 12.0. The third-order valence-electron chi connectivity index (χ3n) is 10.2. The number of primary amides is 1. The van der Waals surface area contributed by atoms with Gasteiger partial charge in [-0.15, -0.1) is 0 Å². The van der Waals surface area contributed by atoms with Gasteiger partial charge in [0.15, 0.2) is 11.3 Å². The highest BCUT2D eigenvalue weighted by molar-refractivity contribution is 7.90. The molecule has 0 spiro atoms. The standard InChI is InChI=1S/C39H44N4O8S/c1-49-32-15-10-8-13-27(32)30-22-34(37-36(41-30)28-14-9-11-16-33(28)51-37)50-25-21-31(38(40)45)43(23-25)35(44)17-7-5-3-2-4-6-12-24-20-29(24)39(46)42-52(47,48)26-18-19-26/h6,8-16,22,24-26,29,31H,2-5,7,17-21,23H2,1H3,(H2,40,45)(H,42,46)/b12-6-/t24-,25-,29+,31+/m1/s1. The second kappa shape index (κ2) is 15.0. The van der Waals surface area contributed by atoms with Gasteiger partial charge in [-0.3, -0.25) is 19.1 Å². The number of carbonyl (C=O) groups is 3. The SMILES string of the molecule is COc1ccccc1-c1cc(O[C@@H]2C[C@@H](C(N)=O)N(C(=O)CCCCCC/C=C\[C@@H]3C[C@@H]3C(=O)NS(=O)(=O)C3CC3)C2)c2oc3ccccc3c2n1. The molecule has 2 aromatic carbocycles. The Labute approximate surface area is 302 Å². The molecule has 3 heterocycles. The van der Waals surface area contributed by atoms with Gasteiger partial charge in [-0.1, -0.05) is 49.3 Å². The number of sulfonamides is 1. The van der Waals surface area contributed by atoms with E-state index in [1.807, 2.05) is 60.7 Å². The fourth-order valence-corrected chi connectivity index (χ4v) is 8.41. The zero-order valence-corrected chi connectivity index (χ0v) is 30.0. The van der Waals surface area contributed by atoms with Gasteiger partial charge in [-0.05, 0) is 68.7 Å². The Balaban J connectivity index is 0.919. The maximum absolute atomic E-state index is 13.4. The summed E-state index contributed by atoms with van der Waals surface area (Å²) < 4.78 is 44.6. The molecule has 3 aliphatic rings. The minimum Gasteiger partial charge on any atom is -0.496 e. The molecule has 1 aliphatic heterocycles. The first-order valence-corrected chi connectivity index (χ1v) is 19.6. The van der Waals surface area contributed by atoms with E-state index in [1.54, 1.807) is 12.0 Å². The monoisotopic (exact) mass is 728 g/mol. The van der Waals surface area contributed by atoms with Crippen LogP contribution >= 0.6 is 0 Å². The van der Waals surface area contributed by atoms with Crippen molar-refractivity contribution < 1.29 is 36.7 Å². The summed E-state index contributed by atoms with van der Waals surface area (Å²) in [6.45, 7) is 0.220. The highest BCUT2D eigenvalue weighted by Crippen LogP contribution is 2.41. The van der Waals surface area contributed by atoms with E-state index in [9.17, 15) is 22.8 Å². The van der Waals surface area contributed by atoms with Gasteiger partial charge in [0.05, 0.1) is 24.6 Å². The number of hydrogen-bond donors (Lipinski definition) is 2. The van der Waals surface area contributed by atoms with Gasteiger partial charge in [0.2, 0.25) is 27.7 Å². The maximum atomic E-state index is 13.4. The molecule has 13 heteroatoms. The Hall–Kier alpha value is -4.91. The average Bonchev–Trinajstić information content (AvgIpc) is 4.06. The molecule has 1 saturated heterocycles. The van der Waals surface area contributed by atoms with E-state index < -0.39 is 33.3 Å². The van der Waals surface area contributed by atoms with Gasteiger partial charge in [0.25, 0.3) is 0 Å². The maximum Gasteiger partial charge on any atom is 0.240 e. The first-order chi connectivity index (χ1) is 25.1. The van der Waals surface area contributed by atoms with Gasteiger partial charge in [0, 0.05) is 35.8 Å². The number of benzene rings is 2. The topological polar surface area (TPSA) is 171 Å². The Morgan fingerprint density at radius 1 is 1.02 bits per heavy atom. The number of pyridine rings is 1. The molecular formula is C39H44N4O8S. The number of methoxy groups -OCH3 is 1. The molecule has 12 nitrogen and oxygen atoms in total. The number of rotatable bonds is 16. The molecule has 0 radical (unpaired) electrons. The molecule has 2 aliphatic carbocycles. The average molecular weight is 729 g/mol. The van der Waals surface area contributed by atoms with Crippen LogP contribution in [0.3, 0.4) is 0 Å². The van der Waals surface area contributed by atoms with Crippen LogP contribution in [-0.4, -0.2) is 67.1 Å². The van der Waals surface area contributed by atoms with Crippen molar-refractivity contribution in [2.75, 3.05) is 13.7 Å². The third kappa shape index (κ3) is 7.79. The number of allylic oxidation sites excluding steroid dienone is 2. The Morgan fingerprint density at radius 3 is 2.58 bits per heavy atom. The molecule has 0 bridgehead atoms. The summed E-state index contributed by atoms with van der Waals surface area (Å²) in [5.41, 5.74) is 9.00. The van der Waals surface area contributed by atoms with Crippen LogP contribution in [-0.2, 0) is 24.4 Å². The summed E-state index contributed by atoms with van der Waals surface area (Å²) in [4.78, 5) is 44.6. The number of furan rings is 1. The van der Waals surface area contributed by atoms with Crippen LogP contribution in [0.25, 0.3) is 33.3 Å². The quantitative estimate of drug-likeness (QED) is 0.110. The minimum absolute atomic E-state index is 0.0937. The molecular weight excluding hydrogens is 685 g/mol. The van der Waals surface area contributed by atoms with Gasteiger partial charge >= 0.3 is 0 Å². The zero-order chi connectivity index (χ0) is 36.4. The van der Waals surface area contributed by atoms with E-state index in [0.717, 1.165) is 36.6 Å². The molecule has 4 atom stereocenters. The lowest BCUT2D eigenvalue weighted by molar-refractivity contribution is -0.137. The van der Waals surface area contributed by atoms with Gasteiger partial charge in [-0.2, -0.15) is 0 Å². The number of unbranched alkanes of at least 4 members (excludes halogenated alkanes) is 4. The van der Waals surface area contributed by atoms with Crippen LogP contribution in [0.2, 0.25) is 0 Å². The number of ether oxygens (including phenoxy) is 2. The lowest BCUT2D eigenvalue weighted by Gasteiger charge is -2.22. The number of para-hydroxylation sites is 2. The molecule has 52 heavy (non-hydrogen) atoms. The van der Waals surface area contributed by atoms with Crippen LogP contribution in [0.15, 0.2) is 71.2 Å². The number of likely N-dealkylation sites (tertiary alicyclic amines) is 1. The fraction of sp³-hybridized carbons (Fsp3) is 0.436. The van der Waals surface area contributed by atoms with Gasteiger partial charge in [-0.25, -0.2) is 13.4 Å². The number of fused-ring (bicyclic) bond motifs is 3. The number of nitrogens with zero attached hydrogens (tertiary/aromatic N) is 2. The highest BCUT2D eigenvalue weighted by atomic mass is 32.2. The van der Waals surface area contributed by atoms with E-state index in [4.69, 9.17) is 24.6 Å². The first-order valence-electron chi connectivity index (χ1n) is 18.1. The Bertz CT molecular complexity index is 2120. The summed E-state index contributed by atoms with van der Waals surface area (Å²) in [5, 5.41) is 0.436. The number of carbonyl (C=O) groups excluding carboxylic acids is 3. The Kier molecular flexibility index (Phi) is 10.2. The van der Waals surface area contributed by atoms with E-state index in [0.29, 0.717) is 66.0 Å². The first kappa shape index (κ1) is 35.5. The summed E-state index contributed by atoms with van der Waals surface area (Å²) in [7, 11) is -1.89. The number of aromatic nitrogens is 1. The number of nitrogens with one attached hydrogen (secondary N) is 1. The minimum atomic E-state index is -3.50. The van der Waals surface area contributed by atoms with Crippen molar-refractivity contribution in [1.29, 1.82) is 0 Å².